The molecule has 1 aromatic carbocycles. The highest BCUT2D eigenvalue weighted by atomic mass is 35.5. The number of aliphatic hydroxyl groups excluding tert-OH is 1. The molecular formula is C12H16ClFO2. The van der Waals surface area contributed by atoms with Crippen LogP contribution in [0.4, 0.5) is 4.39 Å². The molecule has 0 amide bonds. The molecule has 0 aromatic heterocycles. The van der Waals surface area contributed by atoms with Crippen LogP contribution in [-0.2, 0) is 4.74 Å². The zero-order valence-electron chi connectivity index (χ0n) is 9.41. The van der Waals surface area contributed by atoms with Crippen molar-refractivity contribution in [2.75, 3.05) is 6.61 Å². The smallest absolute Gasteiger partial charge is 0.130 e. The van der Waals surface area contributed by atoms with Crippen LogP contribution < -0.4 is 0 Å². The first-order valence-corrected chi connectivity index (χ1v) is 5.72. The average molecular weight is 247 g/mol. The largest absolute Gasteiger partial charge is 0.386 e. The van der Waals surface area contributed by atoms with E-state index in [1.165, 1.54) is 12.1 Å². The third-order valence-corrected chi connectivity index (χ3v) is 2.65. The fourth-order valence-corrected chi connectivity index (χ4v) is 1.75. The summed E-state index contributed by atoms with van der Waals surface area (Å²) in [5.41, 5.74) is 0.227. The van der Waals surface area contributed by atoms with Gasteiger partial charge in [-0.25, -0.2) is 4.39 Å². The molecule has 1 aromatic rings. The maximum absolute atomic E-state index is 13.5. The number of ether oxygens (including phenoxy) is 1. The van der Waals surface area contributed by atoms with Crippen LogP contribution in [-0.4, -0.2) is 17.8 Å². The molecule has 0 aliphatic carbocycles. The molecule has 1 rings (SSSR count). The third kappa shape index (κ3) is 3.17. The summed E-state index contributed by atoms with van der Waals surface area (Å²) in [4.78, 5) is 0. The lowest BCUT2D eigenvalue weighted by Gasteiger charge is -2.22. The molecule has 0 radical (unpaired) electrons. The Morgan fingerprint density at radius 1 is 1.44 bits per heavy atom. The normalized spacial score (nSPS) is 14.8. The van der Waals surface area contributed by atoms with Gasteiger partial charge in [0, 0.05) is 17.2 Å². The Labute approximate surface area is 100.0 Å². The van der Waals surface area contributed by atoms with Crippen molar-refractivity contribution in [1.82, 2.24) is 0 Å². The predicted molar refractivity (Wildman–Crippen MR) is 62.1 cm³/mol. The van der Waals surface area contributed by atoms with Gasteiger partial charge in [-0.3, -0.25) is 0 Å². The van der Waals surface area contributed by atoms with Crippen molar-refractivity contribution < 1.29 is 14.2 Å². The van der Waals surface area contributed by atoms with Crippen LogP contribution in [0.25, 0.3) is 0 Å². The Balaban J connectivity index is 2.89. The molecule has 2 nitrogen and oxygen atoms in total. The molecule has 0 bridgehead atoms. The van der Waals surface area contributed by atoms with Gasteiger partial charge in [0.05, 0.1) is 6.10 Å². The average Bonchev–Trinajstić information content (AvgIpc) is 2.25. The zero-order valence-corrected chi connectivity index (χ0v) is 10.2. The van der Waals surface area contributed by atoms with Gasteiger partial charge in [-0.05, 0) is 25.5 Å². The van der Waals surface area contributed by atoms with Crippen molar-refractivity contribution in [1.29, 1.82) is 0 Å². The first-order chi connectivity index (χ1) is 7.60. The Bertz CT molecular complexity index is 344. The molecule has 0 spiro atoms. The second-order valence-corrected chi connectivity index (χ2v) is 3.95. The molecule has 16 heavy (non-hydrogen) atoms. The summed E-state index contributed by atoms with van der Waals surface area (Å²) < 4.78 is 18.9. The first-order valence-electron chi connectivity index (χ1n) is 5.34. The number of aliphatic hydroxyl groups is 1. The van der Waals surface area contributed by atoms with Crippen molar-refractivity contribution in [2.45, 2.75) is 32.5 Å². The van der Waals surface area contributed by atoms with Crippen LogP contribution >= 0.6 is 11.6 Å². The molecule has 0 aliphatic rings. The van der Waals surface area contributed by atoms with E-state index >= 15 is 0 Å². The van der Waals surface area contributed by atoms with Crippen LogP contribution in [0, 0.1) is 5.82 Å². The van der Waals surface area contributed by atoms with Gasteiger partial charge in [-0.1, -0.05) is 24.6 Å². The Morgan fingerprint density at radius 3 is 2.62 bits per heavy atom. The van der Waals surface area contributed by atoms with Crippen LogP contribution in [0.5, 0.6) is 0 Å². The molecule has 2 atom stereocenters. The predicted octanol–water partition coefficient (Wildman–Crippen LogP) is 3.33. The van der Waals surface area contributed by atoms with Gasteiger partial charge in [0.25, 0.3) is 0 Å². The summed E-state index contributed by atoms with van der Waals surface area (Å²) in [6.07, 6.45) is -0.722. The van der Waals surface area contributed by atoms with Gasteiger partial charge in [-0.2, -0.15) is 0 Å². The van der Waals surface area contributed by atoms with Crippen molar-refractivity contribution in [3.8, 4) is 0 Å². The maximum Gasteiger partial charge on any atom is 0.130 e. The summed E-state index contributed by atoms with van der Waals surface area (Å²) in [5, 5.41) is 10.3. The van der Waals surface area contributed by atoms with E-state index in [0.29, 0.717) is 18.1 Å². The molecule has 0 heterocycles. The van der Waals surface area contributed by atoms with E-state index in [0.717, 1.165) is 0 Å². The van der Waals surface area contributed by atoms with E-state index in [-0.39, 0.29) is 11.7 Å². The van der Waals surface area contributed by atoms with Gasteiger partial charge < -0.3 is 9.84 Å². The second kappa shape index (κ2) is 6.18. The van der Waals surface area contributed by atoms with Gasteiger partial charge in [0.15, 0.2) is 0 Å². The highest BCUT2D eigenvalue weighted by Crippen LogP contribution is 2.25. The van der Waals surface area contributed by atoms with E-state index in [4.69, 9.17) is 16.3 Å². The molecule has 90 valence electrons. The molecule has 0 fully saturated rings. The van der Waals surface area contributed by atoms with Crippen LogP contribution in [0.15, 0.2) is 18.2 Å². The number of hydrogen-bond acceptors (Lipinski definition) is 2. The minimum Gasteiger partial charge on any atom is -0.386 e. The highest BCUT2D eigenvalue weighted by Gasteiger charge is 2.22. The molecule has 0 aliphatic heterocycles. The van der Waals surface area contributed by atoms with Gasteiger partial charge in [0.1, 0.15) is 11.9 Å². The molecular weight excluding hydrogens is 231 g/mol. The number of rotatable bonds is 5. The summed E-state index contributed by atoms with van der Waals surface area (Å²) in [6.45, 7) is 4.22. The topological polar surface area (TPSA) is 29.5 Å². The SMILES string of the molecule is CCOC(CC)C(O)c1ccc(Cl)cc1F. The maximum atomic E-state index is 13.5. The van der Waals surface area contributed by atoms with Crippen molar-refractivity contribution >= 4 is 11.6 Å². The van der Waals surface area contributed by atoms with Crippen molar-refractivity contribution in [3.05, 3.63) is 34.6 Å². The molecule has 1 N–H and O–H groups in total. The summed E-state index contributed by atoms with van der Waals surface area (Å²) >= 11 is 5.64. The van der Waals surface area contributed by atoms with Gasteiger partial charge >= 0.3 is 0 Å². The minimum atomic E-state index is -0.956. The standard InChI is InChI=1S/C12H16ClFO2/c1-3-11(16-4-2)12(15)9-6-5-8(13)7-10(9)14/h5-7,11-12,15H,3-4H2,1-2H3. The molecule has 2 unspecified atom stereocenters. The fourth-order valence-electron chi connectivity index (χ4n) is 1.59. The molecule has 0 saturated carbocycles. The van der Waals surface area contributed by atoms with Crippen LogP contribution in [0.1, 0.15) is 31.9 Å². The highest BCUT2D eigenvalue weighted by molar-refractivity contribution is 6.30. The van der Waals surface area contributed by atoms with E-state index in [2.05, 4.69) is 0 Å². The Kier molecular flexibility index (Phi) is 5.19. The van der Waals surface area contributed by atoms with Crippen molar-refractivity contribution in [3.63, 3.8) is 0 Å². The zero-order chi connectivity index (χ0) is 12.1. The van der Waals surface area contributed by atoms with E-state index in [1.807, 2.05) is 13.8 Å². The van der Waals surface area contributed by atoms with Gasteiger partial charge in [-0.15, -0.1) is 0 Å². The monoisotopic (exact) mass is 246 g/mol. The van der Waals surface area contributed by atoms with E-state index in [1.54, 1.807) is 6.07 Å². The summed E-state index contributed by atoms with van der Waals surface area (Å²) in [5.74, 6) is -0.502. The summed E-state index contributed by atoms with van der Waals surface area (Å²) in [6, 6.07) is 4.24. The van der Waals surface area contributed by atoms with Crippen LogP contribution in [0.2, 0.25) is 5.02 Å². The third-order valence-electron chi connectivity index (χ3n) is 2.42. The lowest BCUT2D eigenvalue weighted by atomic mass is 10.0. The lowest BCUT2D eigenvalue weighted by Crippen LogP contribution is -2.22. The molecule has 4 heteroatoms. The van der Waals surface area contributed by atoms with Crippen LogP contribution in [0.3, 0.4) is 0 Å². The Morgan fingerprint density at radius 2 is 2.12 bits per heavy atom. The minimum absolute atomic E-state index is 0.227. The summed E-state index contributed by atoms with van der Waals surface area (Å²) in [7, 11) is 0. The Hall–Kier alpha value is -0.640. The quantitative estimate of drug-likeness (QED) is 0.864. The van der Waals surface area contributed by atoms with E-state index in [9.17, 15) is 9.50 Å². The number of benzene rings is 1. The fraction of sp³-hybridized carbons (Fsp3) is 0.500. The van der Waals surface area contributed by atoms with Gasteiger partial charge in [0.2, 0.25) is 0 Å². The lowest BCUT2D eigenvalue weighted by molar-refractivity contribution is -0.0369. The second-order valence-electron chi connectivity index (χ2n) is 3.51. The van der Waals surface area contributed by atoms with Crippen molar-refractivity contribution in [2.24, 2.45) is 0 Å². The molecule has 0 saturated heterocycles. The number of halogens is 2. The number of hydrogen-bond donors (Lipinski definition) is 1. The van der Waals surface area contributed by atoms with E-state index < -0.39 is 11.9 Å². The first kappa shape index (κ1) is 13.4.